The minimum absolute atomic E-state index is 0.0116. The quantitative estimate of drug-likeness (QED) is 0.683. The molecule has 0 aliphatic heterocycles. The zero-order valence-corrected chi connectivity index (χ0v) is 12.6. The third-order valence-corrected chi connectivity index (χ3v) is 4.51. The summed E-state index contributed by atoms with van der Waals surface area (Å²) in [5.74, 6) is -0.128. The number of carbonyl (C=O) groups is 1. The minimum Gasteiger partial charge on any atom is -0.292 e. The van der Waals surface area contributed by atoms with E-state index in [1.54, 1.807) is 24.3 Å². The van der Waals surface area contributed by atoms with Gasteiger partial charge in [0.2, 0.25) is 0 Å². The first kappa shape index (κ1) is 13.2. The number of ketones is 1. The van der Waals surface area contributed by atoms with Gasteiger partial charge in [0.05, 0.1) is 18.4 Å². The molecule has 0 spiro atoms. The Kier molecular flexibility index (Phi) is 3.50. The highest BCUT2D eigenvalue weighted by Crippen LogP contribution is 2.17. The number of halogens is 1. The molecule has 2 heterocycles. The molecule has 0 N–H and O–H groups in total. The summed E-state index contributed by atoms with van der Waals surface area (Å²) in [5, 5.41) is 1.82. The first-order valence-electron chi connectivity index (χ1n) is 5.87. The topological polar surface area (TPSA) is 52.0 Å². The zero-order chi connectivity index (χ0) is 14.1. The van der Waals surface area contributed by atoms with E-state index in [-0.39, 0.29) is 17.9 Å². The molecule has 0 radical (unpaired) electrons. The highest BCUT2D eigenvalue weighted by atomic mass is 79.9. The minimum atomic E-state index is -0.176. The van der Waals surface area contributed by atoms with Crippen molar-refractivity contribution in [3.8, 4) is 0 Å². The summed E-state index contributed by atoms with van der Waals surface area (Å²) in [6.07, 6.45) is 1.42. The Morgan fingerprint density at radius 2 is 2.10 bits per heavy atom. The molecule has 20 heavy (non-hydrogen) atoms. The molecule has 0 bridgehead atoms. The largest absolute Gasteiger partial charge is 0.292 e. The molecule has 0 atom stereocenters. The van der Waals surface area contributed by atoms with Crippen molar-refractivity contribution >= 4 is 43.3 Å². The first-order chi connectivity index (χ1) is 9.66. The number of benzene rings is 1. The van der Waals surface area contributed by atoms with Crippen LogP contribution in [0.5, 0.6) is 0 Å². The van der Waals surface area contributed by atoms with Gasteiger partial charge in [0.15, 0.2) is 5.78 Å². The fourth-order valence-electron chi connectivity index (χ4n) is 1.92. The zero-order valence-electron chi connectivity index (χ0n) is 10.2. The van der Waals surface area contributed by atoms with Crippen molar-refractivity contribution in [3.63, 3.8) is 0 Å². The van der Waals surface area contributed by atoms with Crippen LogP contribution in [-0.2, 0) is 6.54 Å². The predicted octanol–water partition coefficient (Wildman–Crippen LogP) is 3.10. The number of nitrogens with zero attached hydrogens (tertiary/aromatic N) is 2. The first-order valence-corrected chi connectivity index (χ1v) is 7.54. The van der Waals surface area contributed by atoms with Crippen LogP contribution in [-0.4, -0.2) is 15.3 Å². The number of rotatable bonds is 3. The van der Waals surface area contributed by atoms with E-state index in [1.807, 2.05) is 11.4 Å². The van der Waals surface area contributed by atoms with Gasteiger partial charge in [-0.1, -0.05) is 34.1 Å². The van der Waals surface area contributed by atoms with Crippen LogP contribution < -0.4 is 5.56 Å². The maximum atomic E-state index is 12.2. The monoisotopic (exact) mass is 348 g/mol. The van der Waals surface area contributed by atoms with Gasteiger partial charge in [-0.05, 0) is 17.5 Å². The number of hydrogen-bond donors (Lipinski definition) is 0. The highest BCUT2D eigenvalue weighted by Gasteiger charge is 2.12. The van der Waals surface area contributed by atoms with Crippen molar-refractivity contribution in [2.75, 3.05) is 0 Å². The molecule has 0 saturated heterocycles. The van der Waals surface area contributed by atoms with Crippen LogP contribution in [0.1, 0.15) is 10.4 Å². The second-order valence-corrected chi connectivity index (χ2v) is 5.99. The van der Waals surface area contributed by atoms with Crippen LogP contribution in [0, 0.1) is 0 Å². The number of fused-ring (bicyclic) bond motifs is 1. The van der Waals surface area contributed by atoms with Crippen LogP contribution in [0.4, 0.5) is 0 Å². The lowest BCUT2D eigenvalue weighted by atomic mass is 10.1. The van der Waals surface area contributed by atoms with E-state index in [2.05, 4.69) is 20.9 Å². The molecule has 0 unspecified atom stereocenters. The van der Waals surface area contributed by atoms with Crippen LogP contribution in [0.2, 0.25) is 0 Å². The summed E-state index contributed by atoms with van der Waals surface area (Å²) in [6.45, 7) is -0.0116. The summed E-state index contributed by atoms with van der Waals surface area (Å²) in [4.78, 5) is 28.6. The van der Waals surface area contributed by atoms with Gasteiger partial charge in [-0.3, -0.25) is 14.2 Å². The third kappa shape index (κ3) is 2.32. The summed E-state index contributed by atoms with van der Waals surface area (Å²) in [6, 6.07) is 8.96. The van der Waals surface area contributed by atoms with Crippen LogP contribution >= 0.6 is 27.3 Å². The van der Waals surface area contributed by atoms with E-state index in [0.717, 1.165) is 4.47 Å². The van der Waals surface area contributed by atoms with E-state index < -0.39 is 0 Å². The molecule has 0 saturated carbocycles. The van der Waals surface area contributed by atoms with E-state index in [4.69, 9.17) is 0 Å². The van der Waals surface area contributed by atoms with Gasteiger partial charge < -0.3 is 0 Å². The van der Waals surface area contributed by atoms with Gasteiger partial charge in [-0.15, -0.1) is 11.3 Å². The van der Waals surface area contributed by atoms with Crippen molar-refractivity contribution in [2.24, 2.45) is 0 Å². The van der Waals surface area contributed by atoms with E-state index in [9.17, 15) is 9.59 Å². The summed E-state index contributed by atoms with van der Waals surface area (Å²) in [7, 11) is 0. The summed E-state index contributed by atoms with van der Waals surface area (Å²) in [5.41, 5.74) is 1.06. The molecule has 1 aromatic carbocycles. The Labute approximate surface area is 126 Å². The fourth-order valence-corrected chi connectivity index (χ4v) is 3.22. The molecular weight excluding hydrogens is 340 g/mol. The van der Waals surface area contributed by atoms with Gasteiger partial charge in [-0.2, -0.15) is 0 Å². The maximum Gasteiger partial charge on any atom is 0.271 e. The molecule has 4 nitrogen and oxygen atoms in total. The van der Waals surface area contributed by atoms with E-state index >= 15 is 0 Å². The van der Waals surface area contributed by atoms with Crippen molar-refractivity contribution in [1.82, 2.24) is 9.55 Å². The van der Waals surface area contributed by atoms with Gasteiger partial charge in [0, 0.05) is 10.0 Å². The SMILES string of the molecule is O=C(Cn1cnc2ccsc2c1=O)c1ccccc1Br. The van der Waals surface area contributed by atoms with Crippen molar-refractivity contribution in [2.45, 2.75) is 6.54 Å². The second kappa shape index (κ2) is 5.30. The highest BCUT2D eigenvalue weighted by molar-refractivity contribution is 9.10. The van der Waals surface area contributed by atoms with Crippen molar-refractivity contribution in [3.05, 3.63) is 62.4 Å². The molecule has 6 heteroatoms. The molecule has 0 amide bonds. The molecule has 0 aliphatic carbocycles. The van der Waals surface area contributed by atoms with Gasteiger partial charge >= 0.3 is 0 Å². The maximum absolute atomic E-state index is 12.2. The molecular formula is C14H9BrN2O2S. The summed E-state index contributed by atoms with van der Waals surface area (Å²) < 4.78 is 2.65. The number of Topliss-reactive ketones (excluding diaryl/α,β-unsaturated/α-hetero) is 1. The fraction of sp³-hybridized carbons (Fsp3) is 0.0714. The molecule has 2 aromatic heterocycles. The normalized spacial score (nSPS) is 10.8. The Morgan fingerprint density at radius 3 is 2.90 bits per heavy atom. The molecule has 3 rings (SSSR count). The van der Waals surface area contributed by atoms with Gasteiger partial charge in [0.25, 0.3) is 5.56 Å². The molecule has 3 aromatic rings. The molecule has 0 aliphatic rings. The van der Waals surface area contributed by atoms with Crippen LogP contribution in [0.3, 0.4) is 0 Å². The smallest absolute Gasteiger partial charge is 0.271 e. The van der Waals surface area contributed by atoms with Crippen LogP contribution in [0.15, 0.2) is 51.3 Å². The Bertz CT molecular complexity index is 854. The third-order valence-electron chi connectivity index (χ3n) is 2.92. The Morgan fingerprint density at radius 1 is 1.30 bits per heavy atom. The van der Waals surface area contributed by atoms with Gasteiger partial charge in [0.1, 0.15) is 4.70 Å². The van der Waals surface area contributed by atoms with Crippen LogP contribution in [0.25, 0.3) is 10.2 Å². The second-order valence-electron chi connectivity index (χ2n) is 4.22. The van der Waals surface area contributed by atoms with Crippen molar-refractivity contribution < 1.29 is 4.79 Å². The number of hydrogen-bond acceptors (Lipinski definition) is 4. The molecule has 0 fully saturated rings. The lowest BCUT2D eigenvalue weighted by Gasteiger charge is -2.06. The van der Waals surface area contributed by atoms with Crippen molar-refractivity contribution in [1.29, 1.82) is 0 Å². The molecule has 100 valence electrons. The summed E-state index contributed by atoms with van der Waals surface area (Å²) >= 11 is 4.68. The number of aromatic nitrogens is 2. The van der Waals surface area contributed by atoms with E-state index in [0.29, 0.717) is 15.8 Å². The predicted molar refractivity (Wildman–Crippen MR) is 82.4 cm³/mol. The van der Waals surface area contributed by atoms with E-state index in [1.165, 1.54) is 22.2 Å². The lowest BCUT2D eigenvalue weighted by molar-refractivity contribution is 0.0970. The number of carbonyl (C=O) groups excluding carboxylic acids is 1. The average molecular weight is 349 g/mol. The lowest BCUT2D eigenvalue weighted by Crippen LogP contribution is -2.24. The Hall–Kier alpha value is -1.79. The standard InChI is InChI=1S/C14H9BrN2O2S/c15-10-4-2-1-3-9(10)12(18)7-17-8-16-11-5-6-20-13(11)14(17)19/h1-6,8H,7H2. The Balaban J connectivity index is 1.97. The number of thiophene rings is 1. The average Bonchev–Trinajstić information content (AvgIpc) is 2.91. The van der Waals surface area contributed by atoms with Gasteiger partial charge in [-0.25, -0.2) is 4.98 Å².